The zero-order chi connectivity index (χ0) is 22.8. The minimum atomic E-state index is -1.08. The van der Waals surface area contributed by atoms with Crippen molar-refractivity contribution in [2.45, 2.75) is 26.7 Å². The molecule has 8 nitrogen and oxygen atoms in total. The van der Waals surface area contributed by atoms with Crippen molar-refractivity contribution in [3.05, 3.63) is 69.8 Å². The minimum absolute atomic E-state index is 0.0806. The summed E-state index contributed by atoms with van der Waals surface area (Å²) in [5, 5.41) is 17.9. The molecule has 0 amide bonds. The normalized spacial score (nSPS) is 9.73. The van der Waals surface area contributed by atoms with Gasteiger partial charge in [-0.2, -0.15) is 0 Å². The van der Waals surface area contributed by atoms with Crippen molar-refractivity contribution in [1.82, 2.24) is 0 Å². The maximum Gasteiger partial charge on any atom is 0.337 e. The first-order valence-corrected chi connectivity index (χ1v) is 9.09. The van der Waals surface area contributed by atoms with Crippen LogP contribution in [0, 0.1) is 0 Å². The van der Waals surface area contributed by atoms with E-state index in [-0.39, 0.29) is 11.1 Å². The standard InChI is InChI=1S/C12H14O4.C10H10O4/c1-3-7-5-8(4-2)10(12(15)16)6-9(7)11(13)14;1-13-9(11)7-4-3-5-8(6-7)10(12)14-2/h5-6H,3-4H2,1-2H3,(H,13,14)(H,15,16);3-6H,1-2H3. The average molecular weight is 416 g/mol. The quantitative estimate of drug-likeness (QED) is 0.685. The summed E-state index contributed by atoms with van der Waals surface area (Å²) in [7, 11) is 2.57. The number of hydrogen-bond acceptors (Lipinski definition) is 6. The van der Waals surface area contributed by atoms with Gasteiger partial charge >= 0.3 is 23.9 Å². The molecule has 2 aromatic rings. The van der Waals surface area contributed by atoms with Crippen LogP contribution in [0.1, 0.15) is 66.4 Å². The topological polar surface area (TPSA) is 127 Å². The summed E-state index contributed by atoms with van der Waals surface area (Å²) in [6, 6.07) is 9.09. The molecule has 0 bridgehead atoms. The number of aromatic carboxylic acids is 2. The van der Waals surface area contributed by atoms with Crippen LogP contribution in [0.2, 0.25) is 0 Å². The Morgan fingerprint density at radius 2 is 1.13 bits per heavy atom. The molecule has 0 aliphatic carbocycles. The molecule has 0 radical (unpaired) electrons. The van der Waals surface area contributed by atoms with Crippen molar-refractivity contribution in [3.8, 4) is 0 Å². The van der Waals surface area contributed by atoms with E-state index in [0.717, 1.165) is 0 Å². The molecule has 0 aliphatic rings. The fourth-order valence-electron chi connectivity index (χ4n) is 2.69. The van der Waals surface area contributed by atoms with E-state index in [1.807, 2.05) is 13.8 Å². The summed E-state index contributed by atoms with van der Waals surface area (Å²) < 4.78 is 9.03. The van der Waals surface area contributed by atoms with Crippen LogP contribution in [0.3, 0.4) is 0 Å². The molecule has 0 fully saturated rings. The number of carbonyl (C=O) groups excluding carboxylic acids is 2. The number of carbonyl (C=O) groups is 4. The van der Waals surface area contributed by atoms with Crippen molar-refractivity contribution < 1.29 is 38.9 Å². The molecular weight excluding hydrogens is 392 g/mol. The monoisotopic (exact) mass is 416 g/mol. The van der Waals surface area contributed by atoms with Gasteiger partial charge in [0.15, 0.2) is 0 Å². The minimum Gasteiger partial charge on any atom is -0.478 e. The van der Waals surface area contributed by atoms with Crippen molar-refractivity contribution in [1.29, 1.82) is 0 Å². The lowest BCUT2D eigenvalue weighted by Crippen LogP contribution is -2.09. The van der Waals surface area contributed by atoms with Crippen LogP contribution in [0.5, 0.6) is 0 Å². The van der Waals surface area contributed by atoms with Crippen LogP contribution >= 0.6 is 0 Å². The molecule has 0 aliphatic heterocycles. The van der Waals surface area contributed by atoms with Crippen LogP contribution in [-0.4, -0.2) is 48.3 Å². The van der Waals surface area contributed by atoms with Crippen LogP contribution < -0.4 is 0 Å². The highest BCUT2D eigenvalue weighted by atomic mass is 16.5. The molecule has 0 saturated carbocycles. The van der Waals surface area contributed by atoms with E-state index in [4.69, 9.17) is 10.2 Å². The predicted octanol–water partition coefficient (Wildman–Crippen LogP) is 3.47. The Morgan fingerprint density at radius 3 is 1.43 bits per heavy atom. The van der Waals surface area contributed by atoms with Crippen LogP contribution in [0.15, 0.2) is 36.4 Å². The molecule has 0 heterocycles. The Balaban J connectivity index is 0.000000303. The molecule has 0 saturated heterocycles. The van der Waals surface area contributed by atoms with Gasteiger partial charge in [0.25, 0.3) is 0 Å². The third-order valence-corrected chi connectivity index (χ3v) is 4.26. The molecule has 30 heavy (non-hydrogen) atoms. The van der Waals surface area contributed by atoms with E-state index in [2.05, 4.69) is 9.47 Å². The van der Waals surface area contributed by atoms with Crippen LogP contribution in [0.4, 0.5) is 0 Å². The Labute approximate surface area is 174 Å². The van der Waals surface area contributed by atoms with Crippen molar-refractivity contribution in [2.75, 3.05) is 14.2 Å². The molecule has 0 aromatic heterocycles. The van der Waals surface area contributed by atoms with E-state index in [1.165, 1.54) is 26.4 Å². The number of aryl methyl sites for hydroxylation is 2. The van der Waals surface area contributed by atoms with Gasteiger partial charge in [-0.25, -0.2) is 19.2 Å². The second-order valence-electron chi connectivity index (χ2n) is 6.05. The molecule has 160 valence electrons. The summed E-state index contributed by atoms with van der Waals surface area (Å²) >= 11 is 0. The van der Waals surface area contributed by atoms with Gasteiger partial charge in [-0.3, -0.25) is 0 Å². The Bertz CT molecular complexity index is 878. The molecule has 0 spiro atoms. The van der Waals surface area contributed by atoms with E-state index >= 15 is 0 Å². The number of carboxylic acids is 2. The van der Waals surface area contributed by atoms with E-state index < -0.39 is 23.9 Å². The van der Waals surface area contributed by atoms with Gasteiger partial charge in [-0.05, 0) is 48.2 Å². The average Bonchev–Trinajstić information content (AvgIpc) is 2.77. The third kappa shape index (κ3) is 6.16. The Kier molecular flexibility index (Phi) is 9.22. The molecule has 0 unspecified atom stereocenters. The number of methoxy groups -OCH3 is 2. The molecule has 2 N–H and O–H groups in total. The molecule has 8 heteroatoms. The largest absolute Gasteiger partial charge is 0.478 e. The lowest BCUT2D eigenvalue weighted by atomic mass is 9.95. The summed E-state index contributed by atoms with van der Waals surface area (Å²) in [6.45, 7) is 3.70. The first-order chi connectivity index (χ1) is 14.2. The van der Waals surface area contributed by atoms with Gasteiger partial charge in [0, 0.05) is 0 Å². The first-order valence-electron chi connectivity index (χ1n) is 9.09. The molecule has 0 atom stereocenters. The van der Waals surface area contributed by atoms with Crippen molar-refractivity contribution in [3.63, 3.8) is 0 Å². The number of ether oxygens (including phenoxy) is 2. The van der Waals surface area contributed by atoms with Crippen molar-refractivity contribution in [2.24, 2.45) is 0 Å². The van der Waals surface area contributed by atoms with Gasteiger partial charge < -0.3 is 19.7 Å². The highest BCUT2D eigenvalue weighted by Crippen LogP contribution is 2.19. The van der Waals surface area contributed by atoms with Crippen LogP contribution in [-0.2, 0) is 22.3 Å². The smallest absolute Gasteiger partial charge is 0.337 e. The zero-order valence-corrected chi connectivity index (χ0v) is 17.2. The maximum atomic E-state index is 11.1. The molecule has 2 aromatic carbocycles. The second kappa shape index (κ2) is 11.4. The predicted molar refractivity (Wildman–Crippen MR) is 108 cm³/mol. The second-order valence-corrected chi connectivity index (χ2v) is 6.05. The number of rotatable bonds is 6. The number of carboxylic acid groups (broad SMARTS) is 2. The Morgan fingerprint density at radius 1 is 0.733 bits per heavy atom. The SMILES string of the molecule is CCc1cc(CC)c(C(=O)O)cc1C(=O)O.COC(=O)c1cccc(C(=O)OC)c1. The number of esters is 2. The van der Waals surface area contributed by atoms with Gasteiger partial charge in [0.1, 0.15) is 0 Å². The highest BCUT2D eigenvalue weighted by molar-refractivity contribution is 5.96. The summed E-state index contributed by atoms with van der Waals surface area (Å²) in [4.78, 5) is 44.1. The van der Waals surface area contributed by atoms with Crippen LogP contribution in [0.25, 0.3) is 0 Å². The lowest BCUT2D eigenvalue weighted by molar-refractivity contribution is 0.0595. The summed E-state index contributed by atoms with van der Waals surface area (Å²) in [5.74, 6) is -3.12. The van der Waals surface area contributed by atoms with Gasteiger partial charge in [-0.1, -0.05) is 26.0 Å². The fourth-order valence-corrected chi connectivity index (χ4v) is 2.69. The van der Waals surface area contributed by atoms with Crippen molar-refractivity contribution >= 4 is 23.9 Å². The summed E-state index contributed by atoms with van der Waals surface area (Å²) in [6.07, 6.45) is 1.16. The third-order valence-electron chi connectivity index (χ3n) is 4.26. The molecular formula is C22H24O8. The number of hydrogen-bond donors (Lipinski definition) is 2. The fraction of sp³-hybridized carbons (Fsp3) is 0.273. The first kappa shape index (κ1) is 24.4. The highest BCUT2D eigenvalue weighted by Gasteiger charge is 2.16. The van der Waals surface area contributed by atoms with Gasteiger partial charge in [0.2, 0.25) is 0 Å². The van der Waals surface area contributed by atoms with Gasteiger partial charge in [-0.15, -0.1) is 0 Å². The molecule has 2 rings (SSSR count). The van der Waals surface area contributed by atoms with E-state index in [9.17, 15) is 19.2 Å². The Hall–Kier alpha value is -3.68. The maximum absolute atomic E-state index is 11.1. The zero-order valence-electron chi connectivity index (χ0n) is 17.2. The lowest BCUT2D eigenvalue weighted by Gasteiger charge is -2.09. The van der Waals surface area contributed by atoms with E-state index in [1.54, 1.807) is 24.3 Å². The number of benzene rings is 2. The van der Waals surface area contributed by atoms with E-state index in [0.29, 0.717) is 35.1 Å². The summed E-state index contributed by atoms with van der Waals surface area (Å²) in [5.41, 5.74) is 2.17. The van der Waals surface area contributed by atoms with Gasteiger partial charge in [0.05, 0.1) is 36.5 Å².